The molecule has 0 heterocycles. The highest BCUT2D eigenvalue weighted by molar-refractivity contribution is 7.45. The molecule has 0 aliphatic rings. The summed E-state index contributed by atoms with van der Waals surface area (Å²) in [5.41, 5.74) is 0. The number of hydrogen-bond acceptors (Lipinski definition) is 6. The standard InChI is InChI=1S/C65H123N2O6P/c1-6-8-10-12-14-16-18-20-22-24-25-26-27-28-29-30-31-32-33-34-35-36-37-38-39-40-41-43-45-47-49-51-53-55-57-59-65(69)66-63(62-73-74(70,71)72-61-60-67(3,4)5)64(68)58-56-54-52-50-48-46-44-42-23-21-19-17-15-13-11-9-7-2/h18,20,23-25,42,48,50,56,58,63-64,68H,6-17,19,21-22,26-41,43-47,49,51-55,57,59-62H2,1-5H3,(H-,66,69,70,71)/b20-18-,25-24-,42-23+,50-48+,58-56+. The van der Waals surface area contributed by atoms with E-state index in [1.165, 1.54) is 225 Å². The quantitative estimate of drug-likeness (QED) is 0.0272. The Hall–Kier alpha value is -1.80. The Morgan fingerprint density at radius 2 is 0.797 bits per heavy atom. The van der Waals surface area contributed by atoms with Gasteiger partial charge in [0.05, 0.1) is 39.9 Å². The van der Waals surface area contributed by atoms with Crippen LogP contribution in [0, 0.1) is 0 Å². The topological polar surface area (TPSA) is 108 Å². The summed E-state index contributed by atoms with van der Waals surface area (Å²) in [4.78, 5) is 25.5. The molecule has 0 aliphatic heterocycles. The van der Waals surface area contributed by atoms with Gasteiger partial charge in [-0.15, -0.1) is 0 Å². The molecule has 0 aromatic carbocycles. The summed E-state index contributed by atoms with van der Waals surface area (Å²) in [6.45, 7) is 4.63. The predicted octanol–water partition coefficient (Wildman–Crippen LogP) is 19.0. The minimum Gasteiger partial charge on any atom is -0.756 e. The highest BCUT2D eigenvalue weighted by atomic mass is 31.2. The zero-order valence-electron chi connectivity index (χ0n) is 49.5. The predicted molar refractivity (Wildman–Crippen MR) is 321 cm³/mol. The molecule has 3 atom stereocenters. The van der Waals surface area contributed by atoms with Gasteiger partial charge in [-0.25, -0.2) is 0 Å². The van der Waals surface area contributed by atoms with Crippen molar-refractivity contribution in [3.05, 3.63) is 60.8 Å². The van der Waals surface area contributed by atoms with E-state index in [1.54, 1.807) is 6.08 Å². The van der Waals surface area contributed by atoms with E-state index in [2.05, 4.69) is 67.8 Å². The third-order valence-corrected chi connectivity index (χ3v) is 15.1. The highest BCUT2D eigenvalue weighted by Crippen LogP contribution is 2.38. The maximum atomic E-state index is 13.0. The number of phosphoric ester groups is 1. The van der Waals surface area contributed by atoms with E-state index in [1.807, 2.05) is 27.2 Å². The van der Waals surface area contributed by atoms with Crippen molar-refractivity contribution in [3.63, 3.8) is 0 Å². The second-order valence-corrected chi connectivity index (χ2v) is 24.2. The van der Waals surface area contributed by atoms with E-state index in [4.69, 9.17) is 9.05 Å². The summed E-state index contributed by atoms with van der Waals surface area (Å²) < 4.78 is 23.3. The number of unbranched alkanes of at least 4 members (excludes halogenated alkanes) is 37. The molecule has 9 heteroatoms. The number of nitrogens with zero attached hydrogens (tertiary/aromatic N) is 1. The monoisotopic (exact) mass is 1060 g/mol. The Labute approximate surface area is 460 Å². The van der Waals surface area contributed by atoms with Gasteiger partial charge in [-0.1, -0.05) is 274 Å². The van der Waals surface area contributed by atoms with E-state index in [9.17, 15) is 19.4 Å². The fourth-order valence-electron chi connectivity index (χ4n) is 9.22. The average molecular weight is 1060 g/mol. The first kappa shape index (κ1) is 72.2. The van der Waals surface area contributed by atoms with Crippen LogP contribution in [-0.4, -0.2) is 68.5 Å². The minimum absolute atomic E-state index is 0.00892. The molecule has 434 valence electrons. The molecule has 1 amide bonds. The smallest absolute Gasteiger partial charge is 0.268 e. The molecule has 0 rings (SSSR count). The molecule has 0 bridgehead atoms. The highest BCUT2D eigenvalue weighted by Gasteiger charge is 2.23. The summed E-state index contributed by atoms with van der Waals surface area (Å²) in [5.74, 6) is -0.208. The van der Waals surface area contributed by atoms with Crippen LogP contribution < -0.4 is 10.2 Å². The molecule has 0 fully saturated rings. The molecule has 3 unspecified atom stereocenters. The Kier molecular flexibility index (Phi) is 54.6. The lowest BCUT2D eigenvalue weighted by atomic mass is 10.0. The number of phosphoric acid groups is 1. The molecule has 0 radical (unpaired) electrons. The van der Waals surface area contributed by atoms with Gasteiger partial charge in [0.15, 0.2) is 0 Å². The number of likely N-dealkylation sites (N-methyl/N-ethyl adjacent to an activating group) is 1. The summed E-state index contributed by atoms with van der Waals surface area (Å²) in [5, 5.41) is 13.9. The molecule has 0 aliphatic carbocycles. The van der Waals surface area contributed by atoms with Crippen molar-refractivity contribution in [2.45, 2.75) is 309 Å². The van der Waals surface area contributed by atoms with Crippen LogP contribution in [-0.2, 0) is 18.4 Å². The average Bonchev–Trinajstić information content (AvgIpc) is 3.36. The van der Waals surface area contributed by atoms with Crippen LogP contribution in [0.15, 0.2) is 60.8 Å². The minimum atomic E-state index is -4.61. The molecular weight excluding hydrogens is 936 g/mol. The maximum Gasteiger partial charge on any atom is 0.268 e. The summed E-state index contributed by atoms with van der Waals surface area (Å²) in [6, 6.07) is -0.910. The number of amides is 1. The second kappa shape index (κ2) is 55.9. The first-order valence-corrected chi connectivity index (χ1v) is 33.1. The van der Waals surface area contributed by atoms with Crippen LogP contribution >= 0.6 is 7.82 Å². The van der Waals surface area contributed by atoms with Crippen molar-refractivity contribution in [2.24, 2.45) is 0 Å². The number of aliphatic hydroxyl groups excluding tert-OH is 1. The lowest BCUT2D eigenvalue weighted by Crippen LogP contribution is -2.45. The first-order valence-electron chi connectivity index (χ1n) is 31.7. The molecule has 8 nitrogen and oxygen atoms in total. The number of allylic oxidation sites excluding steroid dienone is 9. The normalized spacial score (nSPS) is 14.2. The van der Waals surface area contributed by atoms with Gasteiger partial charge in [0.1, 0.15) is 13.2 Å². The van der Waals surface area contributed by atoms with Gasteiger partial charge >= 0.3 is 0 Å². The number of quaternary nitrogens is 1. The van der Waals surface area contributed by atoms with Gasteiger partial charge in [0.25, 0.3) is 7.82 Å². The molecular formula is C65H123N2O6P. The second-order valence-electron chi connectivity index (χ2n) is 22.7. The Bertz CT molecular complexity index is 1390. The van der Waals surface area contributed by atoms with Crippen LogP contribution in [0.3, 0.4) is 0 Å². The molecule has 0 saturated carbocycles. The van der Waals surface area contributed by atoms with Crippen LogP contribution in [0.25, 0.3) is 0 Å². The fourth-order valence-corrected chi connectivity index (χ4v) is 9.94. The van der Waals surface area contributed by atoms with E-state index in [0.717, 1.165) is 51.4 Å². The Balaban J connectivity index is 4.03. The SMILES string of the molecule is CCCCCCC/C=C\C/C=C\CCCCCCCCCCCCCCCCCCCCCCCCCC(=O)NC(COP(=O)([O-])OCC[N+](C)(C)C)C(O)/C=C/CC/C=C/CC/C=C/CCCCCCCCC. The van der Waals surface area contributed by atoms with Crippen LogP contribution in [0.4, 0.5) is 0 Å². The van der Waals surface area contributed by atoms with Crippen LogP contribution in [0.2, 0.25) is 0 Å². The summed E-state index contributed by atoms with van der Waals surface area (Å²) in [7, 11) is 1.24. The van der Waals surface area contributed by atoms with E-state index >= 15 is 0 Å². The van der Waals surface area contributed by atoms with Crippen molar-refractivity contribution in [3.8, 4) is 0 Å². The zero-order valence-corrected chi connectivity index (χ0v) is 50.4. The number of hydrogen-bond donors (Lipinski definition) is 2. The van der Waals surface area contributed by atoms with Crippen LogP contribution in [0.1, 0.15) is 296 Å². The number of carbonyl (C=O) groups is 1. The van der Waals surface area contributed by atoms with E-state index < -0.39 is 26.6 Å². The Morgan fingerprint density at radius 3 is 1.18 bits per heavy atom. The maximum absolute atomic E-state index is 13.0. The van der Waals surface area contributed by atoms with Crippen molar-refractivity contribution in [1.29, 1.82) is 0 Å². The van der Waals surface area contributed by atoms with E-state index in [0.29, 0.717) is 17.4 Å². The van der Waals surface area contributed by atoms with Gasteiger partial charge in [-0.2, -0.15) is 0 Å². The molecule has 0 spiro atoms. The lowest BCUT2D eigenvalue weighted by Gasteiger charge is -2.29. The number of rotatable bonds is 58. The van der Waals surface area contributed by atoms with Crippen molar-refractivity contribution >= 4 is 13.7 Å². The lowest BCUT2D eigenvalue weighted by molar-refractivity contribution is -0.870. The molecule has 74 heavy (non-hydrogen) atoms. The number of aliphatic hydroxyl groups is 1. The molecule has 2 N–H and O–H groups in total. The largest absolute Gasteiger partial charge is 0.756 e. The molecule has 0 saturated heterocycles. The zero-order chi connectivity index (χ0) is 54.2. The van der Waals surface area contributed by atoms with Crippen molar-refractivity contribution in [2.75, 3.05) is 40.9 Å². The summed E-state index contributed by atoms with van der Waals surface area (Å²) in [6.07, 6.45) is 76.2. The van der Waals surface area contributed by atoms with Crippen LogP contribution in [0.5, 0.6) is 0 Å². The van der Waals surface area contributed by atoms with E-state index in [-0.39, 0.29) is 12.5 Å². The molecule has 0 aromatic heterocycles. The third-order valence-electron chi connectivity index (χ3n) is 14.2. The van der Waals surface area contributed by atoms with Crippen molar-refractivity contribution in [1.82, 2.24) is 5.32 Å². The number of carbonyl (C=O) groups excluding carboxylic acids is 1. The molecule has 0 aromatic rings. The van der Waals surface area contributed by atoms with Gasteiger partial charge in [-0.3, -0.25) is 9.36 Å². The van der Waals surface area contributed by atoms with Gasteiger partial charge in [0, 0.05) is 6.42 Å². The Morgan fingerprint density at radius 1 is 0.473 bits per heavy atom. The third kappa shape index (κ3) is 57.9. The van der Waals surface area contributed by atoms with Crippen molar-refractivity contribution < 1.29 is 32.9 Å². The number of nitrogens with one attached hydrogen (secondary N) is 1. The fraction of sp³-hybridized carbons (Fsp3) is 0.831. The summed E-state index contributed by atoms with van der Waals surface area (Å²) >= 11 is 0. The van der Waals surface area contributed by atoms with Gasteiger partial charge in [0.2, 0.25) is 5.91 Å². The van der Waals surface area contributed by atoms with Gasteiger partial charge in [-0.05, 0) is 77.0 Å². The van der Waals surface area contributed by atoms with Gasteiger partial charge < -0.3 is 28.8 Å². The first-order chi connectivity index (χ1) is 36.0.